The summed E-state index contributed by atoms with van der Waals surface area (Å²) in [5.41, 5.74) is 7.73. The van der Waals surface area contributed by atoms with Crippen LogP contribution in [0.2, 0.25) is 0 Å². The molecule has 79 valence electrons. The van der Waals surface area contributed by atoms with Gasteiger partial charge in [0.2, 0.25) is 5.91 Å². The molecule has 0 saturated carbocycles. The molecule has 2 aromatic rings. The highest BCUT2D eigenvalue weighted by Crippen LogP contribution is 2.18. The first-order chi connectivity index (χ1) is 7.75. The zero-order valence-electron chi connectivity index (χ0n) is 8.50. The van der Waals surface area contributed by atoms with E-state index in [0.717, 1.165) is 16.7 Å². The Morgan fingerprint density at radius 2 is 1.94 bits per heavy atom. The molecule has 4 nitrogen and oxygen atoms in total. The molecule has 0 unspecified atom stereocenters. The first-order valence-electron chi connectivity index (χ1n) is 4.75. The molecule has 0 bridgehead atoms. The van der Waals surface area contributed by atoms with Crippen LogP contribution < -0.4 is 5.73 Å². The maximum absolute atomic E-state index is 10.8. The van der Waals surface area contributed by atoms with Crippen LogP contribution in [0.25, 0.3) is 11.1 Å². The summed E-state index contributed by atoms with van der Waals surface area (Å²) in [6.07, 6.45) is 6.29. The van der Waals surface area contributed by atoms with Gasteiger partial charge in [-0.3, -0.25) is 4.79 Å². The van der Waals surface area contributed by atoms with E-state index in [9.17, 15) is 4.79 Å². The van der Waals surface area contributed by atoms with E-state index in [0.29, 0.717) is 0 Å². The molecule has 1 amide bonds. The number of amides is 1. The normalized spacial score (nSPS) is 10.0. The maximum Gasteiger partial charge on any atom is 0.226 e. The third kappa shape index (κ3) is 2.42. The standard InChI is InChI=1S/C12H10N3O/c13-12(16)5-9-2-1-3-10(4-9)11-6-14-8-15-7-11/h1-8H,(H2,13,16). The molecule has 16 heavy (non-hydrogen) atoms. The van der Waals surface area contributed by atoms with E-state index in [2.05, 4.69) is 9.97 Å². The molecular weight excluding hydrogens is 202 g/mol. The number of hydrogen-bond donors (Lipinski definition) is 1. The minimum Gasteiger partial charge on any atom is -0.369 e. The Bertz CT molecular complexity index is 497. The van der Waals surface area contributed by atoms with Crippen molar-refractivity contribution in [2.75, 3.05) is 0 Å². The number of benzene rings is 1. The first-order valence-corrected chi connectivity index (χ1v) is 4.75. The van der Waals surface area contributed by atoms with Crippen molar-refractivity contribution in [1.29, 1.82) is 0 Å². The van der Waals surface area contributed by atoms with Gasteiger partial charge in [-0.05, 0) is 11.1 Å². The van der Waals surface area contributed by atoms with Gasteiger partial charge < -0.3 is 5.73 Å². The number of nitrogens with two attached hydrogens (primary N) is 1. The Morgan fingerprint density at radius 1 is 1.19 bits per heavy atom. The van der Waals surface area contributed by atoms with E-state index >= 15 is 0 Å². The molecule has 2 N–H and O–H groups in total. The summed E-state index contributed by atoms with van der Waals surface area (Å²) in [4.78, 5) is 18.6. The molecular formula is C12H10N3O. The lowest BCUT2D eigenvalue weighted by atomic mass is 10.0. The zero-order valence-corrected chi connectivity index (χ0v) is 8.50. The van der Waals surface area contributed by atoms with Crippen molar-refractivity contribution in [2.45, 2.75) is 0 Å². The average molecular weight is 212 g/mol. The summed E-state index contributed by atoms with van der Waals surface area (Å²) in [5.74, 6) is -0.457. The Balaban J connectivity index is 2.33. The quantitative estimate of drug-likeness (QED) is 0.830. The second kappa shape index (κ2) is 4.53. The fraction of sp³-hybridized carbons (Fsp3) is 0. The number of carbonyl (C=O) groups excluding carboxylic acids is 1. The number of aromatic nitrogens is 2. The molecule has 0 atom stereocenters. The van der Waals surface area contributed by atoms with Gasteiger partial charge in [0, 0.05) is 18.0 Å². The molecule has 1 radical (unpaired) electrons. The smallest absolute Gasteiger partial charge is 0.226 e. The fourth-order valence-corrected chi connectivity index (χ4v) is 1.42. The Labute approximate surface area is 93.2 Å². The molecule has 0 fully saturated rings. The number of hydrogen-bond acceptors (Lipinski definition) is 3. The highest BCUT2D eigenvalue weighted by atomic mass is 16.1. The van der Waals surface area contributed by atoms with Crippen LogP contribution in [-0.2, 0) is 4.79 Å². The highest BCUT2D eigenvalue weighted by Gasteiger charge is 2.02. The van der Waals surface area contributed by atoms with Crippen molar-refractivity contribution < 1.29 is 4.79 Å². The van der Waals surface area contributed by atoms with Gasteiger partial charge in [-0.1, -0.05) is 24.3 Å². The molecule has 2 rings (SSSR count). The lowest BCUT2D eigenvalue weighted by molar-refractivity contribution is -0.114. The van der Waals surface area contributed by atoms with Gasteiger partial charge in [0.05, 0.1) is 6.42 Å². The predicted molar refractivity (Wildman–Crippen MR) is 60.1 cm³/mol. The van der Waals surface area contributed by atoms with Crippen LogP contribution in [0.3, 0.4) is 0 Å². The molecule has 0 saturated heterocycles. The van der Waals surface area contributed by atoms with Crippen LogP contribution in [-0.4, -0.2) is 15.9 Å². The molecule has 4 heteroatoms. The van der Waals surface area contributed by atoms with Gasteiger partial charge in [-0.25, -0.2) is 9.97 Å². The van der Waals surface area contributed by atoms with Crippen molar-refractivity contribution in [3.63, 3.8) is 0 Å². The van der Waals surface area contributed by atoms with Gasteiger partial charge in [0.15, 0.2) is 0 Å². The SMILES string of the molecule is NC(=O)[CH]c1cccc(-c2cncnc2)c1. The predicted octanol–water partition coefficient (Wildman–Crippen LogP) is 1.18. The van der Waals surface area contributed by atoms with E-state index in [1.807, 2.05) is 24.3 Å². The topological polar surface area (TPSA) is 68.9 Å². The summed E-state index contributed by atoms with van der Waals surface area (Å²) in [6, 6.07) is 7.47. The monoisotopic (exact) mass is 212 g/mol. The summed E-state index contributed by atoms with van der Waals surface area (Å²) < 4.78 is 0. The number of primary amides is 1. The summed E-state index contributed by atoms with van der Waals surface area (Å²) in [5, 5.41) is 0. The lowest BCUT2D eigenvalue weighted by Gasteiger charge is -2.02. The van der Waals surface area contributed by atoms with Crippen molar-refractivity contribution in [3.8, 4) is 11.1 Å². The van der Waals surface area contributed by atoms with Crippen LogP contribution in [0.1, 0.15) is 5.56 Å². The molecule has 1 aromatic heterocycles. The van der Waals surface area contributed by atoms with E-state index in [1.54, 1.807) is 12.4 Å². The van der Waals surface area contributed by atoms with Gasteiger partial charge in [0.1, 0.15) is 6.33 Å². The molecule has 1 heterocycles. The summed E-state index contributed by atoms with van der Waals surface area (Å²) in [7, 11) is 0. The summed E-state index contributed by atoms with van der Waals surface area (Å²) >= 11 is 0. The van der Waals surface area contributed by atoms with Crippen LogP contribution in [0.5, 0.6) is 0 Å². The van der Waals surface area contributed by atoms with Crippen molar-refractivity contribution in [2.24, 2.45) is 5.73 Å². The molecule has 1 aromatic carbocycles. The summed E-state index contributed by atoms with van der Waals surface area (Å²) in [6.45, 7) is 0. The van der Waals surface area contributed by atoms with Crippen LogP contribution in [0.15, 0.2) is 43.0 Å². The minimum atomic E-state index is -0.457. The third-order valence-corrected chi connectivity index (χ3v) is 2.09. The van der Waals surface area contributed by atoms with Crippen molar-refractivity contribution in [1.82, 2.24) is 9.97 Å². The van der Waals surface area contributed by atoms with E-state index in [1.165, 1.54) is 12.7 Å². The second-order valence-corrected chi connectivity index (χ2v) is 3.30. The van der Waals surface area contributed by atoms with Crippen molar-refractivity contribution >= 4 is 5.91 Å². The first kappa shape index (κ1) is 10.3. The van der Waals surface area contributed by atoms with Gasteiger partial charge in [-0.15, -0.1) is 0 Å². The molecule has 0 aliphatic heterocycles. The average Bonchev–Trinajstić information content (AvgIpc) is 2.30. The van der Waals surface area contributed by atoms with Crippen LogP contribution in [0.4, 0.5) is 0 Å². The number of carbonyl (C=O) groups is 1. The Morgan fingerprint density at radius 3 is 2.62 bits per heavy atom. The van der Waals surface area contributed by atoms with E-state index in [4.69, 9.17) is 5.73 Å². The van der Waals surface area contributed by atoms with Gasteiger partial charge in [-0.2, -0.15) is 0 Å². The maximum atomic E-state index is 10.8. The van der Waals surface area contributed by atoms with E-state index in [-0.39, 0.29) is 0 Å². The third-order valence-electron chi connectivity index (χ3n) is 2.09. The second-order valence-electron chi connectivity index (χ2n) is 3.30. The number of rotatable bonds is 3. The Kier molecular flexibility index (Phi) is 2.91. The molecule has 0 aliphatic carbocycles. The largest absolute Gasteiger partial charge is 0.369 e. The van der Waals surface area contributed by atoms with Crippen LogP contribution >= 0.6 is 0 Å². The minimum absolute atomic E-state index is 0.457. The zero-order chi connectivity index (χ0) is 11.4. The van der Waals surface area contributed by atoms with Crippen LogP contribution in [0, 0.1) is 6.42 Å². The van der Waals surface area contributed by atoms with Gasteiger partial charge in [0.25, 0.3) is 0 Å². The molecule has 0 aliphatic rings. The molecule has 0 spiro atoms. The van der Waals surface area contributed by atoms with Gasteiger partial charge >= 0.3 is 0 Å². The van der Waals surface area contributed by atoms with Crippen molar-refractivity contribution in [3.05, 3.63) is 55.0 Å². The number of nitrogens with zero attached hydrogens (tertiary/aromatic N) is 2. The Hall–Kier alpha value is -2.23. The lowest BCUT2D eigenvalue weighted by Crippen LogP contribution is -2.11. The highest BCUT2D eigenvalue weighted by molar-refractivity contribution is 5.87. The van der Waals surface area contributed by atoms with E-state index < -0.39 is 5.91 Å². The fourth-order valence-electron chi connectivity index (χ4n) is 1.42.